The van der Waals surface area contributed by atoms with Gasteiger partial charge in [-0.05, 0) is 13.3 Å². The number of thiazole rings is 1. The lowest BCUT2D eigenvalue weighted by Crippen LogP contribution is -2.37. The Labute approximate surface area is 140 Å². The van der Waals surface area contributed by atoms with Gasteiger partial charge >= 0.3 is 0 Å². The molecule has 1 saturated heterocycles. The molecule has 23 heavy (non-hydrogen) atoms. The van der Waals surface area contributed by atoms with Crippen LogP contribution in [0.25, 0.3) is 11.3 Å². The highest BCUT2D eigenvalue weighted by Crippen LogP contribution is 2.31. The van der Waals surface area contributed by atoms with E-state index in [0.717, 1.165) is 29.1 Å². The van der Waals surface area contributed by atoms with Gasteiger partial charge in [-0.1, -0.05) is 43.7 Å². The van der Waals surface area contributed by atoms with E-state index in [0.29, 0.717) is 17.8 Å². The second kappa shape index (κ2) is 6.62. The lowest BCUT2D eigenvalue weighted by atomic mass is 10.1. The molecule has 0 saturated carbocycles. The average Bonchev–Trinajstić information content (AvgIpc) is 3.12. The number of hydrogen-bond donors (Lipinski definition) is 0. The van der Waals surface area contributed by atoms with Gasteiger partial charge in [0, 0.05) is 18.5 Å². The third-order valence-electron chi connectivity index (χ3n) is 4.15. The van der Waals surface area contributed by atoms with Crippen LogP contribution in [0, 0.1) is 6.92 Å². The minimum absolute atomic E-state index is 0.0567. The molecule has 1 unspecified atom stereocenters. The number of Topliss-reactive ketones (excluding diaryl/α,β-unsaturated/α-hetero) is 1. The van der Waals surface area contributed by atoms with Crippen molar-refractivity contribution in [2.24, 2.45) is 0 Å². The Morgan fingerprint density at radius 1 is 1.35 bits per heavy atom. The Hall–Kier alpha value is -2.01. The summed E-state index contributed by atoms with van der Waals surface area (Å²) in [5.74, 6) is 0.126. The Morgan fingerprint density at radius 3 is 2.78 bits per heavy atom. The zero-order valence-electron chi connectivity index (χ0n) is 13.4. The number of likely N-dealkylation sites (tertiary alicyclic amines) is 1. The molecule has 2 aromatic rings. The molecule has 0 N–H and O–H groups in total. The third-order valence-corrected chi connectivity index (χ3v) is 5.10. The van der Waals surface area contributed by atoms with Crippen molar-refractivity contribution >= 4 is 23.0 Å². The van der Waals surface area contributed by atoms with E-state index in [4.69, 9.17) is 0 Å². The van der Waals surface area contributed by atoms with Crippen LogP contribution < -0.4 is 0 Å². The summed E-state index contributed by atoms with van der Waals surface area (Å²) in [5.41, 5.74) is 1.67. The molecule has 1 aliphatic heterocycles. The quantitative estimate of drug-likeness (QED) is 0.860. The summed E-state index contributed by atoms with van der Waals surface area (Å²) >= 11 is 1.41. The van der Waals surface area contributed by atoms with Crippen LogP contribution in [0.15, 0.2) is 30.3 Å². The molecule has 1 fully saturated rings. The first-order valence-electron chi connectivity index (χ1n) is 7.98. The Kier molecular flexibility index (Phi) is 4.57. The minimum Gasteiger partial charge on any atom is -0.327 e. The van der Waals surface area contributed by atoms with E-state index in [1.54, 1.807) is 4.90 Å². The largest absolute Gasteiger partial charge is 0.327 e. The number of benzene rings is 1. The third kappa shape index (κ3) is 3.06. The molecule has 120 valence electrons. The van der Waals surface area contributed by atoms with Gasteiger partial charge in [0.05, 0.1) is 16.7 Å². The van der Waals surface area contributed by atoms with Crippen molar-refractivity contribution in [1.82, 2.24) is 9.88 Å². The van der Waals surface area contributed by atoms with Gasteiger partial charge < -0.3 is 4.90 Å². The van der Waals surface area contributed by atoms with Crippen LogP contribution in [0.3, 0.4) is 0 Å². The SMILES string of the molecule is CCCC1C(=O)CCN1C(=O)c1sc(C)nc1-c1ccccc1. The molecule has 1 aromatic carbocycles. The Balaban J connectivity index is 1.96. The van der Waals surface area contributed by atoms with Crippen LogP contribution in [0.1, 0.15) is 40.9 Å². The smallest absolute Gasteiger partial charge is 0.266 e. The van der Waals surface area contributed by atoms with Crippen molar-refractivity contribution in [2.75, 3.05) is 6.54 Å². The monoisotopic (exact) mass is 328 g/mol. The first-order valence-corrected chi connectivity index (χ1v) is 8.80. The first kappa shape index (κ1) is 15.9. The highest BCUT2D eigenvalue weighted by Gasteiger charge is 2.36. The summed E-state index contributed by atoms with van der Waals surface area (Å²) in [6, 6.07) is 9.49. The van der Waals surface area contributed by atoms with Gasteiger partial charge in [0.15, 0.2) is 5.78 Å². The summed E-state index contributed by atoms with van der Waals surface area (Å²) in [4.78, 5) is 32.0. The lowest BCUT2D eigenvalue weighted by Gasteiger charge is -2.22. The molecule has 5 heteroatoms. The maximum atomic E-state index is 13.0. The van der Waals surface area contributed by atoms with Gasteiger partial charge in [0.1, 0.15) is 4.88 Å². The highest BCUT2D eigenvalue weighted by molar-refractivity contribution is 7.14. The number of hydrogen-bond acceptors (Lipinski definition) is 4. The summed E-state index contributed by atoms with van der Waals surface area (Å²) in [6.45, 7) is 4.47. The first-order chi connectivity index (χ1) is 11.1. The fourth-order valence-electron chi connectivity index (χ4n) is 3.05. The van der Waals surface area contributed by atoms with Gasteiger partial charge in [0.2, 0.25) is 0 Å². The summed E-state index contributed by atoms with van der Waals surface area (Å²) in [5, 5.41) is 0.866. The molecule has 2 heterocycles. The van der Waals surface area contributed by atoms with Crippen molar-refractivity contribution < 1.29 is 9.59 Å². The molecule has 4 nitrogen and oxygen atoms in total. The van der Waals surface area contributed by atoms with E-state index in [2.05, 4.69) is 4.98 Å². The molecule has 0 bridgehead atoms. The number of aryl methyl sites for hydroxylation is 1. The second-order valence-electron chi connectivity index (χ2n) is 5.80. The van der Waals surface area contributed by atoms with E-state index < -0.39 is 0 Å². The van der Waals surface area contributed by atoms with Crippen LogP contribution >= 0.6 is 11.3 Å². The van der Waals surface area contributed by atoms with E-state index in [1.807, 2.05) is 44.2 Å². The lowest BCUT2D eigenvalue weighted by molar-refractivity contribution is -0.119. The summed E-state index contributed by atoms with van der Waals surface area (Å²) in [6.07, 6.45) is 2.10. The fourth-order valence-corrected chi connectivity index (χ4v) is 3.95. The molecule has 1 atom stereocenters. The maximum absolute atomic E-state index is 13.0. The van der Waals surface area contributed by atoms with Gasteiger partial charge in [-0.15, -0.1) is 11.3 Å². The molecule has 0 spiro atoms. The topological polar surface area (TPSA) is 50.3 Å². The summed E-state index contributed by atoms with van der Waals surface area (Å²) < 4.78 is 0. The van der Waals surface area contributed by atoms with Crippen molar-refractivity contribution in [3.05, 3.63) is 40.2 Å². The van der Waals surface area contributed by atoms with E-state index >= 15 is 0 Å². The number of aromatic nitrogens is 1. The van der Waals surface area contributed by atoms with Crippen molar-refractivity contribution in [1.29, 1.82) is 0 Å². The van der Waals surface area contributed by atoms with Gasteiger partial charge in [0.25, 0.3) is 5.91 Å². The predicted octanol–water partition coefficient (Wildman–Crippen LogP) is 3.70. The van der Waals surface area contributed by atoms with Crippen molar-refractivity contribution in [2.45, 2.75) is 39.2 Å². The number of carbonyl (C=O) groups is 2. The number of rotatable bonds is 4. The molecule has 1 aliphatic rings. The molecule has 1 amide bonds. The van der Waals surface area contributed by atoms with Crippen molar-refractivity contribution in [3.63, 3.8) is 0 Å². The molecule has 3 rings (SSSR count). The zero-order chi connectivity index (χ0) is 16.4. The van der Waals surface area contributed by atoms with Gasteiger partial charge in [-0.2, -0.15) is 0 Å². The van der Waals surface area contributed by atoms with Crippen LogP contribution in [0.5, 0.6) is 0 Å². The van der Waals surface area contributed by atoms with E-state index in [9.17, 15) is 9.59 Å². The van der Waals surface area contributed by atoms with Crippen LogP contribution in [-0.2, 0) is 4.79 Å². The number of ketones is 1. The number of amides is 1. The Bertz CT molecular complexity index is 724. The van der Waals surface area contributed by atoms with E-state index in [1.165, 1.54) is 11.3 Å². The second-order valence-corrected chi connectivity index (χ2v) is 7.00. The normalized spacial score (nSPS) is 17.7. The van der Waals surface area contributed by atoms with E-state index in [-0.39, 0.29) is 17.7 Å². The number of nitrogens with zero attached hydrogens (tertiary/aromatic N) is 2. The average molecular weight is 328 g/mol. The maximum Gasteiger partial charge on any atom is 0.266 e. The van der Waals surface area contributed by atoms with Crippen LogP contribution in [-0.4, -0.2) is 34.2 Å². The van der Waals surface area contributed by atoms with Gasteiger partial charge in [-0.3, -0.25) is 9.59 Å². The molecule has 1 aromatic heterocycles. The van der Waals surface area contributed by atoms with Crippen LogP contribution in [0.4, 0.5) is 0 Å². The fraction of sp³-hybridized carbons (Fsp3) is 0.389. The molecular formula is C18H20N2O2S. The molecular weight excluding hydrogens is 308 g/mol. The zero-order valence-corrected chi connectivity index (χ0v) is 14.2. The highest BCUT2D eigenvalue weighted by atomic mass is 32.1. The summed E-state index contributed by atoms with van der Waals surface area (Å²) in [7, 11) is 0. The standard InChI is InChI=1S/C18H20N2O2S/c1-3-7-14-15(21)10-11-20(14)18(22)17-16(19-12(2)23-17)13-8-5-4-6-9-13/h4-6,8-9,14H,3,7,10-11H2,1-2H3. The molecule has 0 radical (unpaired) electrons. The molecule has 0 aliphatic carbocycles. The minimum atomic E-state index is -0.265. The predicted molar refractivity (Wildman–Crippen MR) is 91.6 cm³/mol. The Morgan fingerprint density at radius 2 is 2.09 bits per heavy atom. The van der Waals surface area contributed by atoms with Gasteiger partial charge in [-0.25, -0.2) is 4.98 Å². The van der Waals surface area contributed by atoms with Crippen molar-refractivity contribution in [3.8, 4) is 11.3 Å². The van der Waals surface area contributed by atoms with Crippen LogP contribution in [0.2, 0.25) is 0 Å². The number of carbonyl (C=O) groups excluding carboxylic acids is 2.